The number of nitrogens with zero attached hydrogens (tertiary/aromatic N) is 1. The predicted octanol–water partition coefficient (Wildman–Crippen LogP) is -0.0323. The van der Waals surface area contributed by atoms with Gasteiger partial charge in [0, 0.05) is 13.6 Å². The highest BCUT2D eigenvalue weighted by molar-refractivity contribution is 5.86. The Bertz CT molecular complexity index is 210. The Kier molecular flexibility index (Phi) is 3.50. The van der Waals surface area contributed by atoms with E-state index in [2.05, 4.69) is 5.32 Å². The molecule has 1 aliphatic rings. The number of carbonyl (C=O) groups is 1. The molecule has 0 saturated carbocycles. The summed E-state index contributed by atoms with van der Waals surface area (Å²) >= 11 is 0. The summed E-state index contributed by atoms with van der Waals surface area (Å²) in [5.74, 6) is 0.0795. The SMILES string of the molecule is CC(O)CN(C)C(=O)C1(C)CCCN1. The lowest BCUT2D eigenvalue weighted by atomic mass is 9.98. The van der Waals surface area contributed by atoms with E-state index in [-0.39, 0.29) is 5.91 Å². The Balaban J connectivity index is 2.55. The van der Waals surface area contributed by atoms with Gasteiger partial charge in [-0.2, -0.15) is 0 Å². The van der Waals surface area contributed by atoms with Gasteiger partial charge in [0.15, 0.2) is 0 Å². The zero-order valence-corrected chi connectivity index (χ0v) is 9.21. The quantitative estimate of drug-likeness (QED) is 0.672. The monoisotopic (exact) mass is 200 g/mol. The number of aliphatic hydroxyl groups excluding tert-OH is 1. The molecule has 4 heteroatoms. The summed E-state index contributed by atoms with van der Waals surface area (Å²) < 4.78 is 0. The van der Waals surface area contributed by atoms with Gasteiger partial charge in [0.1, 0.15) is 0 Å². The maximum atomic E-state index is 12.0. The van der Waals surface area contributed by atoms with Crippen LogP contribution in [0.25, 0.3) is 0 Å². The molecule has 0 aromatic carbocycles. The highest BCUT2D eigenvalue weighted by Crippen LogP contribution is 2.20. The number of hydrogen-bond donors (Lipinski definition) is 2. The first-order chi connectivity index (χ1) is 6.46. The minimum Gasteiger partial charge on any atom is -0.392 e. The van der Waals surface area contributed by atoms with Crippen molar-refractivity contribution in [2.24, 2.45) is 0 Å². The molecule has 1 rings (SSSR count). The summed E-state index contributed by atoms with van der Waals surface area (Å²) in [6.07, 6.45) is 1.47. The molecule has 2 unspecified atom stereocenters. The van der Waals surface area contributed by atoms with Crippen LogP contribution in [0.15, 0.2) is 0 Å². The van der Waals surface area contributed by atoms with Gasteiger partial charge in [-0.25, -0.2) is 0 Å². The van der Waals surface area contributed by atoms with Crippen LogP contribution in [0.5, 0.6) is 0 Å². The van der Waals surface area contributed by atoms with E-state index in [4.69, 9.17) is 0 Å². The molecule has 0 aromatic rings. The Morgan fingerprint density at radius 1 is 1.71 bits per heavy atom. The van der Waals surface area contributed by atoms with Crippen LogP contribution in [0, 0.1) is 0 Å². The third-order valence-electron chi connectivity index (χ3n) is 2.73. The van der Waals surface area contributed by atoms with Crippen LogP contribution in [-0.4, -0.2) is 47.7 Å². The van der Waals surface area contributed by atoms with Gasteiger partial charge in [-0.3, -0.25) is 4.79 Å². The minimum absolute atomic E-state index is 0.0795. The molecule has 0 aliphatic carbocycles. The first kappa shape index (κ1) is 11.5. The summed E-state index contributed by atoms with van der Waals surface area (Å²) in [5.41, 5.74) is -0.413. The second-order valence-corrected chi connectivity index (χ2v) is 4.40. The third kappa shape index (κ3) is 2.45. The van der Waals surface area contributed by atoms with Crippen molar-refractivity contribution >= 4 is 5.91 Å². The van der Waals surface area contributed by atoms with Crippen molar-refractivity contribution in [2.45, 2.75) is 38.3 Å². The fourth-order valence-corrected chi connectivity index (χ4v) is 1.98. The third-order valence-corrected chi connectivity index (χ3v) is 2.73. The van der Waals surface area contributed by atoms with Crippen LogP contribution in [0.2, 0.25) is 0 Å². The maximum absolute atomic E-state index is 12.0. The smallest absolute Gasteiger partial charge is 0.242 e. The number of aliphatic hydroxyl groups is 1. The maximum Gasteiger partial charge on any atom is 0.242 e. The average molecular weight is 200 g/mol. The molecular formula is C10H20N2O2. The Hall–Kier alpha value is -0.610. The lowest BCUT2D eigenvalue weighted by molar-refractivity contribution is -0.137. The van der Waals surface area contributed by atoms with Gasteiger partial charge in [-0.15, -0.1) is 0 Å². The topological polar surface area (TPSA) is 52.6 Å². The zero-order chi connectivity index (χ0) is 10.8. The fraction of sp³-hybridized carbons (Fsp3) is 0.900. The highest BCUT2D eigenvalue weighted by Gasteiger charge is 2.37. The van der Waals surface area contributed by atoms with E-state index < -0.39 is 11.6 Å². The summed E-state index contributed by atoms with van der Waals surface area (Å²) in [7, 11) is 1.74. The standard InChI is InChI=1S/C10H20N2O2/c1-8(13)7-12(3)9(14)10(2)5-4-6-11-10/h8,11,13H,4-7H2,1-3H3. The molecule has 2 atom stereocenters. The molecule has 1 saturated heterocycles. The van der Waals surface area contributed by atoms with Crippen molar-refractivity contribution in [3.8, 4) is 0 Å². The van der Waals surface area contributed by atoms with Gasteiger partial charge in [0.25, 0.3) is 0 Å². The Morgan fingerprint density at radius 2 is 2.36 bits per heavy atom. The molecule has 14 heavy (non-hydrogen) atoms. The van der Waals surface area contributed by atoms with Crippen molar-refractivity contribution < 1.29 is 9.90 Å². The van der Waals surface area contributed by atoms with Gasteiger partial charge in [-0.1, -0.05) is 0 Å². The molecule has 0 bridgehead atoms. The van der Waals surface area contributed by atoms with Crippen LogP contribution in [-0.2, 0) is 4.79 Å². The molecule has 1 fully saturated rings. The van der Waals surface area contributed by atoms with Crippen LogP contribution in [0.3, 0.4) is 0 Å². The predicted molar refractivity (Wildman–Crippen MR) is 55.0 cm³/mol. The van der Waals surface area contributed by atoms with Crippen molar-refractivity contribution in [3.05, 3.63) is 0 Å². The summed E-state index contributed by atoms with van der Waals surface area (Å²) in [6, 6.07) is 0. The Morgan fingerprint density at radius 3 is 2.79 bits per heavy atom. The molecule has 82 valence electrons. The molecule has 4 nitrogen and oxygen atoms in total. The normalized spacial score (nSPS) is 28.9. The van der Waals surface area contributed by atoms with Crippen LogP contribution in [0.4, 0.5) is 0 Å². The molecule has 0 radical (unpaired) electrons. The molecule has 0 spiro atoms. The highest BCUT2D eigenvalue weighted by atomic mass is 16.3. The summed E-state index contributed by atoms with van der Waals surface area (Å²) in [5, 5.41) is 12.4. The van der Waals surface area contributed by atoms with Crippen LogP contribution >= 0.6 is 0 Å². The van der Waals surface area contributed by atoms with Gasteiger partial charge >= 0.3 is 0 Å². The zero-order valence-electron chi connectivity index (χ0n) is 9.21. The second kappa shape index (κ2) is 4.28. The van der Waals surface area contributed by atoms with Crippen LogP contribution in [0.1, 0.15) is 26.7 Å². The first-order valence-corrected chi connectivity index (χ1v) is 5.14. The largest absolute Gasteiger partial charge is 0.392 e. The first-order valence-electron chi connectivity index (χ1n) is 5.14. The van der Waals surface area contributed by atoms with E-state index in [1.54, 1.807) is 18.9 Å². The lowest BCUT2D eigenvalue weighted by Gasteiger charge is -2.29. The molecular weight excluding hydrogens is 180 g/mol. The van der Waals surface area contributed by atoms with E-state index in [9.17, 15) is 9.90 Å². The van der Waals surface area contributed by atoms with E-state index in [0.717, 1.165) is 19.4 Å². The number of amides is 1. The van der Waals surface area contributed by atoms with Crippen molar-refractivity contribution in [2.75, 3.05) is 20.1 Å². The number of nitrogens with one attached hydrogen (secondary N) is 1. The number of hydrogen-bond acceptors (Lipinski definition) is 3. The van der Waals surface area contributed by atoms with Gasteiger partial charge in [-0.05, 0) is 33.2 Å². The summed E-state index contributed by atoms with van der Waals surface area (Å²) in [4.78, 5) is 13.6. The number of carbonyl (C=O) groups excluding carboxylic acids is 1. The Labute approximate surface area is 85.3 Å². The second-order valence-electron chi connectivity index (χ2n) is 4.40. The van der Waals surface area contributed by atoms with E-state index in [0.29, 0.717) is 6.54 Å². The fourth-order valence-electron chi connectivity index (χ4n) is 1.98. The minimum atomic E-state index is -0.464. The van der Waals surface area contributed by atoms with Gasteiger partial charge in [0.05, 0.1) is 11.6 Å². The summed E-state index contributed by atoms with van der Waals surface area (Å²) in [6.45, 7) is 4.93. The average Bonchev–Trinajstić information content (AvgIpc) is 2.51. The van der Waals surface area contributed by atoms with Crippen molar-refractivity contribution in [1.29, 1.82) is 0 Å². The van der Waals surface area contributed by atoms with Crippen molar-refractivity contribution in [1.82, 2.24) is 10.2 Å². The van der Waals surface area contributed by atoms with Gasteiger partial charge < -0.3 is 15.3 Å². The molecule has 1 heterocycles. The van der Waals surface area contributed by atoms with Gasteiger partial charge in [0.2, 0.25) is 5.91 Å². The molecule has 1 aliphatic heterocycles. The molecule has 0 aromatic heterocycles. The number of likely N-dealkylation sites (N-methyl/N-ethyl adjacent to an activating group) is 1. The van der Waals surface area contributed by atoms with Crippen LogP contribution < -0.4 is 5.32 Å². The lowest BCUT2D eigenvalue weighted by Crippen LogP contribution is -2.52. The van der Waals surface area contributed by atoms with E-state index in [1.165, 1.54) is 0 Å². The van der Waals surface area contributed by atoms with E-state index in [1.807, 2.05) is 6.92 Å². The van der Waals surface area contributed by atoms with Crippen molar-refractivity contribution in [3.63, 3.8) is 0 Å². The van der Waals surface area contributed by atoms with E-state index >= 15 is 0 Å². The molecule has 1 amide bonds. The number of rotatable bonds is 3. The molecule has 2 N–H and O–H groups in total.